The van der Waals surface area contributed by atoms with Gasteiger partial charge in [0.1, 0.15) is 11.9 Å². The molecule has 0 radical (unpaired) electrons. The minimum Gasteiger partial charge on any atom is -0.399 e. The van der Waals surface area contributed by atoms with Crippen LogP contribution in [0.1, 0.15) is 76.5 Å². The van der Waals surface area contributed by atoms with E-state index in [-0.39, 0.29) is 47.9 Å². The number of H-pyrrole nitrogens is 1. The number of nitrogens with two attached hydrogens (primary N) is 1. The fourth-order valence-corrected chi connectivity index (χ4v) is 6.80. The Morgan fingerprint density at radius 3 is 2.37 bits per heavy atom. The maximum Gasteiger partial charge on any atom is 0.251 e. The van der Waals surface area contributed by atoms with Crippen molar-refractivity contribution < 1.29 is 28.7 Å². The average molecular weight is 684 g/mol. The van der Waals surface area contributed by atoms with Gasteiger partial charge in [-0.05, 0) is 48.9 Å². The number of imidazole rings is 1. The number of hydrogen-bond acceptors (Lipinski definition) is 8. The van der Waals surface area contributed by atoms with Crippen molar-refractivity contribution in [3.63, 3.8) is 0 Å². The van der Waals surface area contributed by atoms with Crippen molar-refractivity contribution in [1.82, 2.24) is 30.4 Å². The molecule has 49 heavy (non-hydrogen) atoms. The maximum absolute atomic E-state index is 14.1. The van der Waals surface area contributed by atoms with E-state index in [2.05, 4.69) is 20.6 Å². The molecule has 1 aliphatic rings. The summed E-state index contributed by atoms with van der Waals surface area (Å²) in [6.45, 7) is 10.6. The molecular formula is C36H57N7O6. The average Bonchev–Trinajstić information content (AvgIpc) is 3.79. The zero-order valence-corrected chi connectivity index (χ0v) is 30.4. The van der Waals surface area contributed by atoms with Crippen LogP contribution in [0.3, 0.4) is 0 Å². The van der Waals surface area contributed by atoms with Gasteiger partial charge in [0, 0.05) is 64.4 Å². The van der Waals surface area contributed by atoms with E-state index >= 15 is 0 Å². The molecule has 0 bridgehead atoms. The van der Waals surface area contributed by atoms with Crippen LogP contribution in [0.25, 0.3) is 0 Å². The predicted molar refractivity (Wildman–Crippen MR) is 188 cm³/mol. The van der Waals surface area contributed by atoms with Gasteiger partial charge >= 0.3 is 0 Å². The van der Waals surface area contributed by atoms with Crippen LogP contribution in [0.15, 0.2) is 36.7 Å². The molecule has 2 heterocycles. The molecule has 0 spiro atoms. The Hall–Kier alpha value is -3.97. The predicted octanol–water partition coefficient (Wildman–Crippen LogP) is 3.03. The lowest BCUT2D eigenvalue weighted by Gasteiger charge is -2.40. The molecule has 272 valence electrons. The van der Waals surface area contributed by atoms with E-state index in [1.165, 1.54) is 0 Å². The number of nitrogens with zero attached hydrogens (tertiary/aromatic N) is 3. The summed E-state index contributed by atoms with van der Waals surface area (Å²) >= 11 is 0. The summed E-state index contributed by atoms with van der Waals surface area (Å²) in [5.74, 6) is -0.808. The highest BCUT2D eigenvalue weighted by Gasteiger charge is 2.42. The van der Waals surface area contributed by atoms with Crippen LogP contribution < -0.4 is 16.4 Å². The van der Waals surface area contributed by atoms with Crippen molar-refractivity contribution in [3.8, 4) is 0 Å². The van der Waals surface area contributed by atoms with Crippen molar-refractivity contribution in [3.05, 3.63) is 48.0 Å². The molecule has 13 nitrogen and oxygen atoms in total. The third-order valence-electron chi connectivity index (χ3n) is 9.87. The Morgan fingerprint density at radius 2 is 1.80 bits per heavy atom. The molecule has 1 aromatic carbocycles. The highest BCUT2D eigenvalue weighted by molar-refractivity contribution is 5.98. The molecule has 0 aliphatic carbocycles. The summed E-state index contributed by atoms with van der Waals surface area (Å²) < 4.78 is 11.9. The first kappa shape index (κ1) is 39.5. The minimum atomic E-state index is -0.799. The van der Waals surface area contributed by atoms with Crippen LogP contribution in [0.2, 0.25) is 0 Å². The van der Waals surface area contributed by atoms with Crippen LogP contribution in [-0.2, 0) is 30.3 Å². The number of aromatic nitrogens is 2. The summed E-state index contributed by atoms with van der Waals surface area (Å²) in [4.78, 5) is 65.0. The number of ether oxygens (including phenoxy) is 2. The SMILES string of the molecule is CC[C@H](C)[C@@H]([C@H](CC(=O)N1CCC[C@H]1[C@H](OC)[C@@H](C)C(=O)NCCc1ncc[nH]1)OC)N(C)C(=O)[C@@H](NC(=O)c1ccc(N)cc1)C(C)C. The third kappa shape index (κ3) is 10.3. The highest BCUT2D eigenvalue weighted by Crippen LogP contribution is 2.29. The molecule has 1 aliphatic heterocycles. The summed E-state index contributed by atoms with van der Waals surface area (Å²) in [5.41, 5.74) is 6.73. The number of likely N-dealkylation sites (tertiary alicyclic amines) is 1. The van der Waals surface area contributed by atoms with Gasteiger partial charge in [-0.1, -0.05) is 41.0 Å². The molecule has 4 amide bonds. The Bertz CT molecular complexity index is 1350. The highest BCUT2D eigenvalue weighted by atomic mass is 16.5. The number of carbonyl (C=O) groups is 4. The summed E-state index contributed by atoms with van der Waals surface area (Å²) in [6, 6.07) is 5.01. The Morgan fingerprint density at radius 1 is 1.10 bits per heavy atom. The molecule has 5 N–H and O–H groups in total. The maximum atomic E-state index is 14.1. The van der Waals surface area contributed by atoms with Gasteiger partial charge in [-0.3, -0.25) is 19.2 Å². The van der Waals surface area contributed by atoms with Crippen molar-refractivity contribution in [2.75, 3.05) is 40.1 Å². The van der Waals surface area contributed by atoms with E-state index in [0.717, 1.165) is 18.7 Å². The normalized spacial score (nSPS) is 18.3. The Balaban J connectivity index is 1.73. The van der Waals surface area contributed by atoms with Crippen molar-refractivity contribution >= 4 is 29.3 Å². The summed E-state index contributed by atoms with van der Waals surface area (Å²) in [5, 5.41) is 5.88. The monoisotopic (exact) mass is 683 g/mol. The van der Waals surface area contributed by atoms with Gasteiger partial charge in [0.15, 0.2) is 0 Å². The van der Waals surface area contributed by atoms with Crippen LogP contribution in [0.5, 0.6) is 0 Å². The van der Waals surface area contributed by atoms with Crippen LogP contribution in [-0.4, -0.2) is 108 Å². The lowest BCUT2D eigenvalue weighted by Crippen LogP contribution is -2.57. The van der Waals surface area contributed by atoms with E-state index < -0.39 is 30.2 Å². The number of aromatic amines is 1. The number of methoxy groups -OCH3 is 2. The standard InChI is InChI=1S/C36H57N7O6/c1-9-23(4)32(42(6)36(47)31(22(2)3)41-35(46)25-12-14-26(37)15-13-25)28(48-7)21-30(44)43-20-10-11-27(43)33(49-8)24(5)34(45)40-17-16-29-38-18-19-39-29/h12-15,18-19,22-24,27-28,31-33H,9-11,16-17,20-21,37H2,1-8H3,(H,38,39)(H,40,45)(H,41,46)/t23-,24+,27-,28-,31-,32-,33+/m0/s1. The topological polar surface area (TPSA) is 172 Å². The quantitative estimate of drug-likeness (QED) is 0.174. The number of benzene rings is 1. The van der Waals surface area contributed by atoms with E-state index in [1.807, 2.05) is 39.5 Å². The molecular weight excluding hydrogens is 626 g/mol. The zero-order valence-electron chi connectivity index (χ0n) is 30.4. The zero-order chi connectivity index (χ0) is 36.2. The van der Waals surface area contributed by atoms with Gasteiger partial charge in [0.2, 0.25) is 17.7 Å². The van der Waals surface area contributed by atoms with Crippen LogP contribution >= 0.6 is 0 Å². The molecule has 1 saturated heterocycles. The molecule has 2 aromatic rings. The number of carbonyl (C=O) groups excluding carboxylic acids is 4. The molecule has 1 fully saturated rings. The molecule has 1 aromatic heterocycles. The first-order valence-electron chi connectivity index (χ1n) is 17.4. The number of amides is 4. The number of anilines is 1. The number of likely N-dealkylation sites (N-methyl/N-ethyl adjacent to an activating group) is 1. The van der Waals surface area contributed by atoms with Gasteiger partial charge in [-0.15, -0.1) is 0 Å². The van der Waals surface area contributed by atoms with E-state index in [9.17, 15) is 19.2 Å². The smallest absolute Gasteiger partial charge is 0.251 e. The first-order chi connectivity index (χ1) is 23.3. The summed E-state index contributed by atoms with van der Waals surface area (Å²) in [7, 11) is 4.85. The lowest BCUT2D eigenvalue weighted by atomic mass is 9.89. The number of nitrogen functional groups attached to an aromatic ring is 1. The second-order valence-electron chi connectivity index (χ2n) is 13.5. The van der Waals surface area contributed by atoms with Gasteiger partial charge in [-0.2, -0.15) is 0 Å². The largest absolute Gasteiger partial charge is 0.399 e. The van der Waals surface area contributed by atoms with E-state index in [1.54, 1.807) is 62.8 Å². The van der Waals surface area contributed by atoms with E-state index in [4.69, 9.17) is 15.2 Å². The van der Waals surface area contributed by atoms with E-state index in [0.29, 0.717) is 37.2 Å². The van der Waals surface area contributed by atoms with Gasteiger partial charge in [0.25, 0.3) is 5.91 Å². The van der Waals surface area contributed by atoms with Crippen molar-refractivity contribution in [2.45, 2.75) is 97.1 Å². The Kier molecular flexibility index (Phi) is 15.1. The second kappa shape index (κ2) is 18.7. The third-order valence-corrected chi connectivity index (χ3v) is 9.87. The Labute approximate surface area is 291 Å². The van der Waals surface area contributed by atoms with Crippen LogP contribution in [0.4, 0.5) is 5.69 Å². The van der Waals surface area contributed by atoms with Gasteiger partial charge < -0.3 is 40.6 Å². The molecule has 7 atom stereocenters. The number of nitrogens with one attached hydrogen (secondary N) is 3. The number of hydrogen-bond donors (Lipinski definition) is 4. The summed E-state index contributed by atoms with van der Waals surface area (Å²) in [6.07, 6.45) is 5.18. The fraction of sp³-hybridized carbons (Fsp3) is 0.639. The number of rotatable bonds is 18. The van der Waals surface area contributed by atoms with Crippen molar-refractivity contribution in [2.24, 2.45) is 17.8 Å². The first-order valence-corrected chi connectivity index (χ1v) is 17.4. The molecule has 13 heteroatoms. The van der Waals surface area contributed by atoms with Gasteiger partial charge in [-0.25, -0.2) is 4.98 Å². The molecule has 0 unspecified atom stereocenters. The van der Waals surface area contributed by atoms with Gasteiger partial charge in [0.05, 0.1) is 36.6 Å². The minimum absolute atomic E-state index is 0.0155. The lowest BCUT2D eigenvalue weighted by molar-refractivity contribution is -0.146. The molecule has 0 saturated carbocycles. The second-order valence-corrected chi connectivity index (χ2v) is 13.5. The molecule has 3 rings (SSSR count). The van der Waals surface area contributed by atoms with Crippen molar-refractivity contribution in [1.29, 1.82) is 0 Å². The van der Waals surface area contributed by atoms with Crippen LogP contribution in [0, 0.1) is 17.8 Å². The fourth-order valence-electron chi connectivity index (χ4n) is 6.80.